The fourth-order valence-electron chi connectivity index (χ4n) is 3.35. The van der Waals surface area contributed by atoms with Crippen LogP contribution < -0.4 is 14.8 Å². The van der Waals surface area contributed by atoms with E-state index >= 15 is 0 Å². The number of carbonyl (C=O) groups excluding carboxylic acids is 1. The molecular formula is C17H23NO3. The lowest BCUT2D eigenvalue weighted by Crippen LogP contribution is -2.39. The maximum absolute atomic E-state index is 11.9. The lowest BCUT2D eigenvalue weighted by molar-refractivity contribution is -0.119. The van der Waals surface area contributed by atoms with Crippen molar-refractivity contribution < 1.29 is 14.3 Å². The molecule has 3 rings (SSSR count). The minimum absolute atomic E-state index is 0.137. The highest BCUT2D eigenvalue weighted by atomic mass is 16.6. The molecule has 0 aromatic heterocycles. The average Bonchev–Trinajstić information content (AvgIpc) is 2.73. The molecule has 2 heterocycles. The summed E-state index contributed by atoms with van der Waals surface area (Å²) in [7, 11) is 0. The van der Waals surface area contributed by atoms with Gasteiger partial charge in [0.25, 0.3) is 0 Å². The monoisotopic (exact) mass is 289 g/mol. The van der Waals surface area contributed by atoms with E-state index in [0.29, 0.717) is 25.6 Å². The molecule has 0 aliphatic carbocycles. The Bertz CT molecular complexity index is 555. The van der Waals surface area contributed by atoms with Crippen LogP contribution in [0.4, 0.5) is 0 Å². The third-order valence-corrected chi connectivity index (χ3v) is 4.54. The molecule has 1 aromatic rings. The molecule has 4 heteroatoms. The maximum Gasteiger partial charge on any atom is 0.221 e. The Morgan fingerprint density at radius 2 is 2.00 bits per heavy atom. The van der Waals surface area contributed by atoms with E-state index in [4.69, 9.17) is 9.47 Å². The minimum Gasteiger partial charge on any atom is -0.486 e. The first-order valence-corrected chi connectivity index (χ1v) is 7.68. The standard InChI is InChI=1S/C17H23NO3/c1-11(2)8-15-17(3,10-16(19)18-15)12-4-5-13-14(9-12)21-7-6-20-13/h4-5,9,11,15H,6-8,10H2,1-3H3,(H,18,19). The number of benzene rings is 1. The zero-order valence-corrected chi connectivity index (χ0v) is 12.9. The molecule has 0 bridgehead atoms. The second kappa shape index (κ2) is 5.24. The summed E-state index contributed by atoms with van der Waals surface area (Å²) in [5.74, 6) is 2.27. The number of ether oxygens (including phenoxy) is 2. The van der Waals surface area contributed by atoms with Gasteiger partial charge in [-0.15, -0.1) is 0 Å². The highest BCUT2D eigenvalue weighted by Gasteiger charge is 2.44. The Hall–Kier alpha value is -1.71. The van der Waals surface area contributed by atoms with Gasteiger partial charge in [-0.2, -0.15) is 0 Å². The van der Waals surface area contributed by atoms with E-state index in [9.17, 15) is 4.79 Å². The molecule has 1 saturated heterocycles. The zero-order valence-electron chi connectivity index (χ0n) is 12.9. The summed E-state index contributed by atoms with van der Waals surface area (Å²) in [5, 5.41) is 3.14. The molecule has 114 valence electrons. The minimum atomic E-state index is -0.183. The first kappa shape index (κ1) is 14.2. The average molecular weight is 289 g/mol. The number of amides is 1. The molecule has 1 amide bonds. The van der Waals surface area contributed by atoms with Gasteiger partial charge in [-0.3, -0.25) is 4.79 Å². The first-order valence-electron chi connectivity index (χ1n) is 7.68. The summed E-state index contributed by atoms with van der Waals surface area (Å²) >= 11 is 0. The van der Waals surface area contributed by atoms with Gasteiger partial charge < -0.3 is 14.8 Å². The van der Waals surface area contributed by atoms with E-state index in [1.165, 1.54) is 0 Å². The fraction of sp³-hybridized carbons (Fsp3) is 0.588. The van der Waals surface area contributed by atoms with E-state index in [-0.39, 0.29) is 17.4 Å². The number of fused-ring (bicyclic) bond motifs is 1. The molecule has 0 saturated carbocycles. The second-order valence-electron chi connectivity index (χ2n) is 6.70. The summed E-state index contributed by atoms with van der Waals surface area (Å²) in [5.41, 5.74) is 0.965. The van der Waals surface area contributed by atoms with Gasteiger partial charge in [0.2, 0.25) is 5.91 Å². The van der Waals surface area contributed by atoms with Crippen LogP contribution in [0.15, 0.2) is 18.2 Å². The van der Waals surface area contributed by atoms with E-state index < -0.39 is 0 Å². The summed E-state index contributed by atoms with van der Waals surface area (Å²) in [6, 6.07) is 6.25. The lowest BCUT2D eigenvalue weighted by Gasteiger charge is -2.32. The van der Waals surface area contributed by atoms with Crippen LogP contribution in [0.2, 0.25) is 0 Å². The molecule has 1 fully saturated rings. The molecule has 1 N–H and O–H groups in total. The molecule has 2 aliphatic rings. The molecule has 4 nitrogen and oxygen atoms in total. The van der Waals surface area contributed by atoms with Crippen molar-refractivity contribution in [2.75, 3.05) is 13.2 Å². The van der Waals surface area contributed by atoms with Gasteiger partial charge in [-0.1, -0.05) is 26.8 Å². The Morgan fingerprint density at radius 1 is 1.29 bits per heavy atom. The van der Waals surface area contributed by atoms with Crippen LogP contribution >= 0.6 is 0 Å². The lowest BCUT2D eigenvalue weighted by atomic mass is 9.73. The quantitative estimate of drug-likeness (QED) is 0.930. The van der Waals surface area contributed by atoms with Crippen molar-refractivity contribution in [3.05, 3.63) is 23.8 Å². The third-order valence-electron chi connectivity index (χ3n) is 4.54. The number of carbonyl (C=O) groups is 1. The van der Waals surface area contributed by atoms with E-state index in [2.05, 4.69) is 32.2 Å². The molecule has 2 atom stereocenters. The molecule has 21 heavy (non-hydrogen) atoms. The van der Waals surface area contributed by atoms with Crippen LogP contribution in [0.5, 0.6) is 11.5 Å². The van der Waals surface area contributed by atoms with Crippen LogP contribution in [0, 0.1) is 5.92 Å². The largest absolute Gasteiger partial charge is 0.486 e. The molecular weight excluding hydrogens is 266 g/mol. The molecule has 0 spiro atoms. The van der Waals surface area contributed by atoms with E-state index in [0.717, 1.165) is 23.5 Å². The van der Waals surface area contributed by atoms with Gasteiger partial charge in [0.15, 0.2) is 11.5 Å². The van der Waals surface area contributed by atoms with E-state index in [1.807, 2.05) is 12.1 Å². The molecule has 1 aromatic carbocycles. The van der Waals surface area contributed by atoms with Crippen molar-refractivity contribution >= 4 is 5.91 Å². The van der Waals surface area contributed by atoms with Crippen molar-refractivity contribution in [2.24, 2.45) is 5.92 Å². The smallest absolute Gasteiger partial charge is 0.221 e. The van der Waals surface area contributed by atoms with Gasteiger partial charge in [0.05, 0.1) is 0 Å². The highest BCUT2D eigenvalue weighted by Crippen LogP contribution is 2.42. The fourth-order valence-corrected chi connectivity index (χ4v) is 3.35. The summed E-state index contributed by atoms with van der Waals surface area (Å²) < 4.78 is 11.3. The van der Waals surface area contributed by atoms with Crippen LogP contribution in [0.1, 0.15) is 39.2 Å². The topological polar surface area (TPSA) is 47.6 Å². The molecule has 2 aliphatic heterocycles. The Labute approximate surface area is 125 Å². The van der Waals surface area contributed by atoms with E-state index in [1.54, 1.807) is 0 Å². The summed E-state index contributed by atoms with van der Waals surface area (Å²) in [4.78, 5) is 11.9. The Kier molecular flexibility index (Phi) is 3.56. The molecule has 0 radical (unpaired) electrons. The van der Waals surface area contributed by atoms with Crippen molar-refractivity contribution in [3.8, 4) is 11.5 Å². The first-order chi connectivity index (χ1) is 9.99. The van der Waals surface area contributed by atoms with Crippen LogP contribution in [0.3, 0.4) is 0 Å². The Balaban J connectivity index is 1.94. The number of hydrogen-bond acceptors (Lipinski definition) is 3. The number of rotatable bonds is 3. The van der Waals surface area contributed by atoms with Crippen molar-refractivity contribution in [3.63, 3.8) is 0 Å². The SMILES string of the molecule is CC(C)CC1NC(=O)CC1(C)c1ccc2c(c1)OCCO2. The highest BCUT2D eigenvalue weighted by molar-refractivity contribution is 5.81. The van der Waals surface area contributed by atoms with Crippen molar-refractivity contribution in [1.29, 1.82) is 0 Å². The normalized spacial score (nSPS) is 27.8. The van der Waals surface area contributed by atoms with Gasteiger partial charge in [-0.05, 0) is 30.0 Å². The van der Waals surface area contributed by atoms with Gasteiger partial charge in [0.1, 0.15) is 13.2 Å². The number of hydrogen-bond donors (Lipinski definition) is 1. The zero-order chi connectivity index (χ0) is 15.0. The second-order valence-corrected chi connectivity index (χ2v) is 6.70. The summed E-state index contributed by atoms with van der Waals surface area (Å²) in [6.07, 6.45) is 1.51. The molecule has 2 unspecified atom stereocenters. The third kappa shape index (κ3) is 2.59. The van der Waals surface area contributed by atoms with Gasteiger partial charge in [0, 0.05) is 17.9 Å². The predicted molar refractivity (Wildman–Crippen MR) is 80.8 cm³/mol. The number of nitrogens with one attached hydrogen (secondary N) is 1. The van der Waals surface area contributed by atoms with Crippen LogP contribution in [0.25, 0.3) is 0 Å². The Morgan fingerprint density at radius 3 is 2.71 bits per heavy atom. The van der Waals surface area contributed by atoms with Crippen molar-refractivity contribution in [2.45, 2.75) is 45.1 Å². The maximum atomic E-state index is 11.9. The predicted octanol–water partition coefficient (Wildman–Crippen LogP) is 2.65. The van der Waals surface area contributed by atoms with Crippen LogP contribution in [-0.4, -0.2) is 25.2 Å². The van der Waals surface area contributed by atoms with Crippen LogP contribution in [-0.2, 0) is 10.2 Å². The summed E-state index contributed by atoms with van der Waals surface area (Å²) in [6.45, 7) is 7.73. The van der Waals surface area contributed by atoms with Crippen molar-refractivity contribution in [1.82, 2.24) is 5.32 Å². The van der Waals surface area contributed by atoms with Gasteiger partial charge >= 0.3 is 0 Å². The van der Waals surface area contributed by atoms with Gasteiger partial charge in [-0.25, -0.2) is 0 Å².